The Balaban J connectivity index is 1.37. The number of ether oxygens (including phenoxy) is 1. The third-order valence-corrected chi connectivity index (χ3v) is 5.45. The van der Waals surface area contributed by atoms with Crippen molar-refractivity contribution in [3.8, 4) is 5.75 Å². The van der Waals surface area contributed by atoms with Gasteiger partial charge in [0.2, 0.25) is 5.91 Å². The van der Waals surface area contributed by atoms with Gasteiger partial charge in [-0.05, 0) is 61.4 Å². The third-order valence-electron chi connectivity index (χ3n) is 5.45. The van der Waals surface area contributed by atoms with Crippen LogP contribution in [0.25, 0.3) is 0 Å². The number of hydrogen-bond acceptors (Lipinski definition) is 4. The summed E-state index contributed by atoms with van der Waals surface area (Å²) in [6.45, 7) is 2.41. The van der Waals surface area contributed by atoms with Gasteiger partial charge in [-0.2, -0.15) is 0 Å². The van der Waals surface area contributed by atoms with Crippen molar-refractivity contribution in [3.05, 3.63) is 83.9 Å². The summed E-state index contributed by atoms with van der Waals surface area (Å²) in [4.78, 5) is 27.3. The number of carbonyl (C=O) groups excluding carboxylic acids is 2. The number of anilines is 3. The van der Waals surface area contributed by atoms with Crippen molar-refractivity contribution in [2.75, 3.05) is 29.2 Å². The molecule has 2 N–H and O–H groups in total. The van der Waals surface area contributed by atoms with Gasteiger partial charge in [0, 0.05) is 23.0 Å². The minimum Gasteiger partial charge on any atom is -0.495 e. The highest BCUT2D eigenvalue weighted by atomic mass is 16.5. The molecular formula is C25H25N3O3. The van der Waals surface area contributed by atoms with E-state index < -0.39 is 0 Å². The van der Waals surface area contributed by atoms with Gasteiger partial charge < -0.3 is 20.3 Å². The lowest BCUT2D eigenvalue weighted by Gasteiger charge is -2.24. The minimum atomic E-state index is -0.245. The zero-order chi connectivity index (χ0) is 21.8. The first-order chi connectivity index (χ1) is 15.0. The number of carbonyl (C=O) groups is 2. The number of nitrogens with zero attached hydrogens (tertiary/aromatic N) is 1. The Bertz CT molecular complexity index is 1100. The molecule has 2 amide bonds. The number of nitrogens with one attached hydrogen (secondary N) is 2. The fourth-order valence-corrected chi connectivity index (χ4v) is 3.87. The van der Waals surface area contributed by atoms with E-state index in [1.54, 1.807) is 43.5 Å². The van der Waals surface area contributed by atoms with E-state index in [-0.39, 0.29) is 24.4 Å². The summed E-state index contributed by atoms with van der Waals surface area (Å²) >= 11 is 0. The molecule has 6 heteroatoms. The van der Waals surface area contributed by atoms with Crippen molar-refractivity contribution in [1.29, 1.82) is 0 Å². The highest BCUT2D eigenvalue weighted by Crippen LogP contribution is 2.31. The first-order valence-electron chi connectivity index (χ1n) is 10.2. The van der Waals surface area contributed by atoms with Crippen LogP contribution in [0.3, 0.4) is 0 Å². The van der Waals surface area contributed by atoms with Crippen LogP contribution in [0.4, 0.5) is 17.1 Å². The van der Waals surface area contributed by atoms with Gasteiger partial charge in [-0.3, -0.25) is 9.59 Å². The summed E-state index contributed by atoms with van der Waals surface area (Å²) in [5.41, 5.74) is 4.14. The fraction of sp³-hybridized carbons (Fsp3) is 0.200. The quantitative estimate of drug-likeness (QED) is 0.628. The molecule has 1 atom stereocenters. The predicted octanol–water partition coefficient (Wildman–Crippen LogP) is 4.34. The molecule has 3 aromatic carbocycles. The second-order valence-corrected chi connectivity index (χ2v) is 7.59. The van der Waals surface area contributed by atoms with Crippen molar-refractivity contribution in [2.24, 2.45) is 0 Å². The standard InChI is InChI=1S/C25H25N3O3/c1-17-15-19-7-3-5-9-22(19)28(17)16-24(29)26-20-13-11-18(12-14-20)25(30)27-21-8-4-6-10-23(21)31-2/h3-14,17H,15-16H2,1-2H3,(H,26,29)(H,27,30). The van der Waals surface area contributed by atoms with E-state index in [0.29, 0.717) is 22.7 Å². The fourth-order valence-electron chi connectivity index (χ4n) is 3.87. The van der Waals surface area contributed by atoms with Gasteiger partial charge in [0.15, 0.2) is 0 Å². The molecule has 0 saturated heterocycles. The highest BCUT2D eigenvalue weighted by Gasteiger charge is 2.27. The van der Waals surface area contributed by atoms with Crippen molar-refractivity contribution < 1.29 is 14.3 Å². The molecule has 0 aliphatic carbocycles. The van der Waals surface area contributed by atoms with Crippen molar-refractivity contribution in [3.63, 3.8) is 0 Å². The van der Waals surface area contributed by atoms with Gasteiger partial charge in [0.25, 0.3) is 5.91 Å². The van der Waals surface area contributed by atoms with Crippen LogP contribution in [0.5, 0.6) is 5.75 Å². The van der Waals surface area contributed by atoms with Gasteiger partial charge in [0.05, 0.1) is 19.3 Å². The smallest absolute Gasteiger partial charge is 0.255 e. The number of para-hydroxylation sites is 3. The number of fused-ring (bicyclic) bond motifs is 1. The number of amides is 2. The van der Waals surface area contributed by atoms with Crippen LogP contribution in [0, 0.1) is 0 Å². The van der Waals surface area contributed by atoms with Crippen LogP contribution in [0.1, 0.15) is 22.8 Å². The molecule has 1 aliphatic heterocycles. The van der Waals surface area contributed by atoms with E-state index >= 15 is 0 Å². The molecule has 6 nitrogen and oxygen atoms in total. The van der Waals surface area contributed by atoms with E-state index in [2.05, 4.69) is 34.6 Å². The van der Waals surface area contributed by atoms with E-state index in [9.17, 15) is 9.59 Å². The van der Waals surface area contributed by atoms with Gasteiger partial charge in [-0.15, -0.1) is 0 Å². The second kappa shape index (κ2) is 8.92. The summed E-state index contributed by atoms with van der Waals surface area (Å²) < 4.78 is 5.26. The van der Waals surface area contributed by atoms with Crippen LogP contribution in [0.2, 0.25) is 0 Å². The molecule has 1 heterocycles. The van der Waals surface area contributed by atoms with Gasteiger partial charge >= 0.3 is 0 Å². The average molecular weight is 415 g/mol. The van der Waals surface area contributed by atoms with Gasteiger partial charge in [-0.25, -0.2) is 0 Å². The molecule has 0 aromatic heterocycles. The SMILES string of the molecule is COc1ccccc1NC(=O)c1ccc(NC(=O)CN2c3ccccc3CC2C)cc1. The molecule has 0 radical (unpaired) electrons. The lowest BCUT2D eigenvalue weighted by molar-refractivity contribution is -0.115. The Morgan fingerprint density at radius 2 is 1.68 bits per heavy atom. The molecule has 0 fully saturated rings. The minimum absolute atomic E-state index is 0.0882. The van der Waals surface area contributed by atoms with Gasteiger partial charge in [-0.1, -0.05) is 30.3 Å². The average Bonchev–Trinajstić information content (AvgIpc) is 3.09. The molecule has 4 rings (SSSR count). The first-order valence-corrected chi connectivity index (χ1v) is 10.2. The maximum Gasteiger partial charge on any atom is 0.255 e. The Kier molecular flexibility index (Phi) is 5.89. The molecule has 1 unspecified atom stereocenters. The van der Waals surface area contributed by atoms with Crippen molar-refractivity contribution in [2.45, 2.75) is 19.4 Å². The molecule has 1 aliphatic rings. The topological polar surface area (TPSA) is 70.7 Å². The molecule has 0 bridgehead atoms. The normalized spacial score (nSPS) is 14.6. The van der Waals surface area contributed by atoms with Crippen molar-refractivity contribution in [1.82, 2.24) is 0 Å². The lowest BCUT2D eigenvalue weighted by atomic mass is 10.1. The molecule has 31 heavy (non-hydrogen) atoms. The summed E-state index contributed by atoms with van der Waals surface area (Å²) in [6, 6.07) is 22.6. The Labute approximate surface area is 181 Å². The Morgan fingerprint density at radius 1 is 0.968 bits per heavy atom. The van der Waals surface area contributed by atoms with Crippen LogP contribution in [-0.2, 0) is 11.2 Å². The van der Waals surface area contributed by atoms with E-state index in [0.717, 1.165) is 12.1 Å². The second-order valence-electron chi connectivity index (χ2n) is 7.59. The Morgan fingerprint density at radius 3 is 2.45 bits per heavy atom. The predicted molar refractivity (Wildman–Crippen MR) is 123 cm³/mol. The maximum atomic E-state index is 12.6. The monoisotopic (exact) mass is 415 g/mol. The molecule has 0 spiro atoms. The number of rotatable bonds is 6. The summed E-state index contributed by atoms with van der Waals surface area (Å²) in [6.07, 6.45) is 0.944. The largest absolute Gasteiger partial charge is 0.495 e. The van der Waals surface area contributed by atoms with Gasteiger partial charge in [0.1, 0.15) is 5.75 Å². The first kappa shape index (κ1) is 20.5. The zero-order valence-electron chi connectivity index (χ0n) is 17.6. The van der Waals surface area contributed by atoms with E-state index in [1.165, 1.54) is 5.56 Å². The summed E-state index contributed by atoms with van der Waals surface area (Å²) in [7, 11) is 1.56. The number of hydrogen-bond donors (Lipinski definition) is 2. The lowest BCUT2D eigenvalue weighted by Crippen LogP contribution is -2.37. The molecule has 3 aromatic rings. The molecule has 158 valence electrons. The summed E-state index contributed by atoms with van der Waals surface area (Å²) in [5.74, 6) is 0.261. The number of methoxy groups -OCH3 is 1. The zero-order valence-corrected chi connectivity index (χ0v) is 17.6. The Hall–Kier alpha value is -3.80. The molecule has 0 saturated carbocycles. The van der Waals surface area contributed by atoms with E-state index in [4.69, 9.17) is 4.74 Å². The van der Waals surface area contributed by atoms with Crippen LogP contribution >= 0.6 is 0 Å². The van der Waals surface area contributed by atoms with Crippen LogP contribution in [-0.4, -0.2) is 31.5 Å². The highest BCUT2D eigenvalue weighted by molar-refractivity contribution is 6.05. The maximum absolute atomic E-state index is 12.6. The third kappa shape index (κ3) is 4.53. The summed E-state index contributed by atoms with van der Waals surface area (Å²) in [5, 5.41) is 5.76. The van der Waals surface area contributed by atoms with Crippen LogP contribution in [0.15, 0.2) is 72.8 Å². The molecular weight excluding hydrogens is 390 g/mol. The van der Waals surface area contributed by atoms with E-state index in [1.807, 2.05) is 24.3 Å². The van der Waals surface area contributed by atoms with Crippen molar-refractivity contribution >= 4 is 28.9 Å². The van der Waals surface area contributed by atoms with Crippen LogP contribution < -0.4 is 20.3 Å². The number of benzene rings is 3.